The van der Waals surface area contributed by atoms with Crippen molar-refractivity contribution in [2.24, 2.45) is 0 Å². The van der Waals surface area contributed by atoms with Gasteiger partial charge in [0.2, 0.25) is 0 Å². The van der Waals surface area contributed by atoms with Gasteiger partial charge in [-0.25, -0.2) is 0 Å². The van der Waals surface area contributed by atoms with Gasteiger partial charge in [-0.3, -0.25) is 0 Å². The first-order valence-corrected chi connectivity index (χ1v) is 17.5. The zero-order valence-electron chi connectivity index (χ0n) is 25.1. The van der Waals surface area contributed by atoms with Crippen molar-refractivity contribution >= 4 is 53.4 Å². The molecule has 9 aromatic rings. The summed E-state index contributed by atoms with van der Waals surface area (Å²) in [5.41, 5.74) is 6.14. The SMILES string of the molecule is c1ccc(-c2ccc(-n3c4cccc5c4c4c6c(ccc7cccc(c76)S5(c5ccccc5)c5ccccc5)ccc43)cc2)cc1. The normalized spacial score (nSPS) is 14.1. The number of hydrogen-bond donors (Lipinski definition) is 0. The highest BCUT2D eigenvalue weighted by Crippen LogP contribution is 2.77. The molecule has 0 atom stereocenters. The molecule has 0 spiro atoms. The number of nitrogens with zero attached hydrogens (tertiary/aromatic N) is 1. The molecule has 2 heteroatoms. The van der Waals surface area contributed by atoms with Crippen LogP contribution in [0.4, 0.5) is 0 Å². The Balaban J connectivity index is 1.42. The molecule has 0 saturated heterocycles. The lowest BCUT2D eigenvalue weighted by Gasteiger charge is -2.42. The summed E-state index contributed by atoms with van der Waals surface area (Å²) >= 11 is 0. The molecule has 1 nitrogen and oxygen atoms in total. The van der Waals surface area contributed by atoms with Crippen molar-refractivity contribution in [3.63, 3.8) is 0 Å². The number of aromatic nitrogens is 1. The van der Waals surface area contributed by atoms with Gasteiger partial charge in [0.15, 0.2) is 0 Å². The predicted molar refractivity (Wildman–Crippen MR) is 195 cm³/mol. The Morgan fingerprint density at radius 3 is 1.52 bits per heavy atom. The monoisotopic (exact) mass is 603 g/mol. The number of benzene rings is 8. The van der Waals surface area contributed by atoms with Gasteiger partial charge in [-0.2, -0.15) is 0 Å². The maximum Gasteiger partial charge on any atom is 0.0552 e. The van der Waals surface area contributed by atoms with E-state index in [2.05, 4.69) is 180 Å². The van der Waals surface area contributed by atoms with E-state index >= 15 is 0 Å². The van der Waals surface area contributed by atoms with Crippen LogP contribution in [0.3, 0.4) is 0 Å². The quantitative estimate of drug-likeness (QED) is 0.176. The second kappa shape index (κ2) is 9.71. The summed E-state index contributed by atoms with van der Waals surface area (Å²) in [5.74, 6) is 0. The van der Waals surface area contributed by atoms with E-state index in [1.165, 1.54) is 79.7 Å². The van der Waals surface area contributed by atoms with Crippen molar-refractivity contribution < 1.29 is 0 Å². The van der Waals surface area contributed by atoms with Gasteiger partial charge in [0, 0.05) is 46.8 Å². The maximum absolute atomic E-state index is 2.50. The zero-order chi connectivity index (χ0) is 30.2. The van der Waals surface area contributed by atoms with E-state index < -0.39 is 10.0 Å². The Bertz CT molecular complexity index is 2560. The van der Waals surface area contributed by atoms with Crippen LogP contribution < -0.4 is 0 Å². The lowest BCUT2D eigenvalue weighted by molar-refractivity contribution is 1.18. The molecule has 216 valence electrons. The molecule has 0 N–H and O–H groups in total. The molecule has 0 amide bonds. The largest absolute Gasteiger partial charge is 0.309 e. The number of hydrogen-bond acceptors (Lipinski definition) is 0. The smallest absolute Gasteiger partial charge is 0.0552 e. The minimum atomic E-state index is -1.88. The van der Waals surface area contributed by atoms with Gasteiger partial charge in [0.05, 0.1) is 11.0 Å². The van der Waals surface area contributed by atoms with Gasteiger partial charge < -0.3 is 4.57 Å². The van der Waals surface area contributed by atoms with Crippen molar-refractivity contribution in [3.05, 3.63) is 176 Å². The average Bonchev–Trinajstić information content (AvgIpc) is 3.42. The molecule has 0 fully saturated rings. The van der Waals surface area contributed by atoms with Crippen LogP contribution in [0.2, 0.25) is 0 Å². The summed E-state index contributed by atoms with van der Waals surface area (Å²) in [5, 5.41) is 8.04. The molecular weight excluding hydrogens is 575 g/mol. The standard InChI is InChI=1S/C44H29NS/c1-4-12-30(13-5-1)31-24-27-34(28-25-31)45-37-19-11-21-40-43(37)44-38(45)29-26-33-23-22-32-14-10-20-39(41(32)42(33)44)46(40,35-15-6-2-7-16-35)36-17-8-3-9-18-36/h1-29H. The molecule has 0 unspecified atom stereocenters. The third-order valence-electron chi connectivity index (χ3n) is 9.79. The van der Waals surface area contributed by atoms with Gasteiger partial charge in [-0.1, -0.05) is 115 Å². The second-order valence-electron chi connectivity index (χ2n) is 12.1. The van der Waals surface area contributed by atoms with E-state index in [4.69, 9.17) is 0 Å². The summed E-state index contributed by atoms with van der Waals surface area (Å²) in [6.45, 7) is 0. The van der Waals surface area contributed by atoms with Crippen LogP contribution in [0.15, 0.2) is 196 Å². The Morgan fingerprint density at radius 1 is 0.326 bits per heavy atom. The molecular formula is C44H29NS. The Labute approximate surface area is 269 Å². The van der Waals surface area contributed by atoms with Gasteiger partial charge in [0.25, 0.3) is 0 Å². The minimum Gasteiger partial charge on any atom is -0.309 e. The lowest BCUT2D eigenvalue weighted by Crippen LogP contribution is -2.06. The van der Waals surface area contributed by atoms with E-state index in [0.717, 1.165) is 0 Å². The summed E-state index contributed by atoms with van der Waals surface area (Å²) < 4.78 is 2.50. The molecule has 2 heterocycles. The lowest BCUT2D eigenvalue weighted by atomic mass is 9.97. The summed E-state index contributed by atoms with van der Waals surface area (Å²) in [6.07, 6.45) is 0. The first kappa shape index (κ1) is 25.7. The van der Waals surface area contributed by atoms with E-state index in [9.17, 15) is 0 Å². The summed E-state index contributed by atoms with van der Waals surface area (Å²) in [6, 6.07) is 65.6. The van der Waals surface area contributed by atoms with Crippen LogP contribution in [-0.2, 0) is 0 Å². The van der Waals surface area contributed by atoms with Crippen LogP contribution in [0.25, 0.3) is 60.2 Å². The van der Waals surface area contributed by atoms with Crippen molar-refractivity contribution in [3.8, 4) is 16.8 Å². The van der Waals surface area contributed by atoms with Gasteiger partial charge in [0.1, 0.15) is 0 Å². The van der Waals surface area contributed by atoms with E-state index in [1.807, 2.05) is 0 Å². The van der Waals surface area contributed by atoms with Crippen LogP contribution in [0.1, 0.15) is 0 Å². The Kier molecular flexibility index (Phi) is 5.43. The van der Waals surface area contributed by atoms with E-state index in [0.29, 0.717) is 0 Å². The molecule has 0 saturated carbocycles. The summed E-state index contributed by atoms with van der Waals surface area (Å²) in [4.78, 5) is 5.55. The fourth-order valence-electron chi connectivity index (χ4n) is 7.91. The number of rotatable bonds is 4. The molecule has 1 aliphatic heterocycles. The fourth-order valence-corrected chi connectivity index (χ4v) is 12.2. The van der Waals surface area contributed by atoms with E-state index in [1.54, 1.807) is 0 Å². The zero-order valence-corrected chi connectivity index (χ0v) is 25.9. The van der Waals surface area contributed by atoms with Crippen molar-refractivity contribution in [1.82, 2.24) is 4.57 Å². The topological polar surface area (TPSA) is 4.93 Å². The molecule has 46 heavy (non-hydrogen) atoms. The van der Waals surface area contributed by atoms with Crippen LogP contribution in [0.5, 0.6) is 0 Å². The molecule has 0 aliphatic carbocycles. The molecule has 1 aromatic heterocycles. The third kappa shape index (κ3) is 3.37. The van der Waals surface area contributed by atoms with Gasteiger partial charge in [-0.15, -0.1) is 10.0 Å². The molecule has 0 radical (unpaired) electrons. The van der Waals surface area contributed by atoms with Gasteiger partial charge >= 0.3 is 0 Å². The minimum absolute atomic E-state index is 1.18. The Morgan fingerprint density at radius 2 is 0.848 bits per heavy atom. The van der Waals surface area contributed by atoms with Crippen LogP contribution >= 0.6 is 10.0 Å². The third-order valence-corrected chi connectivity index (χ3v) is 13.7. The van der Waals surface area contributed by atoms with Crippen LogP contribution in [0, 0.1) is 0 Å². The van der Waals surface area contributed by atoms with E-state index in [-0.39, 0.29) is 0 Å². The summed E-state index contributed by atoms with van der Waals surface area (Å²) in [7, 11) is -1.88. The van der Waals surface area contributed by atoms with Crippen LogP contribution in [-0.4, -0.2) is 4.57 Å². The van der Waals surface area contributed by atoms with Crippen molar-refractivity contribution in [2.45, 2.75) is 19.6 Å². The highest BCUT2D eigenvalue weighted by Gasteiger charge is 2.39. The first-order valence-electron chi connectivity index (χ1n) is 15.9. The van der Waals surface area contributed by atoms with Crippen molar-refractivity contribution in [1.29, 1.82) is 0 Å². The Hall–Kier alpha value is -5.57. The van der Waals surface area contributed by atoms with Crippen molar-refractivity contribution in [2.75, 3.05) is 0 Å². The highest BCUT2D eigenvalue weighted by molar-refractivity contribution is 8.34. The highest BCUT2D eigenvalue weighted by atomic mass is 32.3. The average molecular weight is 604 g/mol. The van der Waals surface area contributed by atoms with Gasteiger partial charge in [-0.05, 0) is 82.6 Å². The second-order valence-corrected chi connectivity index (χ2v) is 15.2. The predicted octanol–water partition coefficient (Wildman–Crippen LogP) is 12.4. The molecule has 0 bridgehead atoms. The molecule has 10 rings (SSSR count). The molecule has 8 aromatic carbocycles. The maximum atomic E-state index is 2.50. The fraction of sp³-hybridized carbons (Fsp3) is 0. The molecule has 1 aliphatic rings. The first-order chi connectivity index (χ1) is 22.8.